The van der Waals surface area contributed by atoms with E-state index < -0.39 is 47.9 Å². The lowest BCUT2D eigenvalue weighted by atomic mass is 9.97. The van der Waals surface area contributed by atoms with Crippen LogP contribution in [0.2, 0.25) is 0 Å². The van der Waals surface area contributed by atoms with Gasteiger partial charge in [0.1, 0.15) is 18.1 Å². The van der Waals surface area contributed by atoms with Gasteiger partial charge < -0.3 is 26.8 Å². The maximum absolute atomic E-state index is 12.9. The minimum atomic E-state index is -1.12. The Balaban J connectivity index is 5.46. The molecule has 0 aliphatic heterocycles. The van der Waals surface area contributed by atoms with Gasteiger partial charge in [0.2, 0.25) is 17.7 Å². The van der Waals surface area contributed by atoms with Gasteiger partial charge in [-0.25, -0.2) is 4.79 Å². The fourth-order valence-corrected chi connectivity index (χ4v) is 3.42. The summed E-state index contributed by atoms with van der Waals surface area (Å²) in [5, 5.41) is 17.3. The van der Waals surface area contributed by atoms with Gasteiger partial charge in [0, 0.05) is 5.75 Å². The lowest BCUT2D eigenvalue weighted by molar-refractivity contribution is -0.144. The van der Waals surface area contributed by atoms with Crippen molar-refractivity contribution in [1.82, 2.24) is 16.0 Å². The Morgan fingerprint density at radius 1 is 1.00 bits per heavy atom. The third-order valence-electron chi connectivity index (χ3n) is 4.89. The Bertz CT molecular complexity index is 606. The van der Waals surface area contributed by atoms with Crippen LogP contribution >= 0.6 is 24.4 Å². The fourth-order valence-electron chi connectivity index (χ4n) is 2.78. The third-order valence-corrected chi connectivity index (χ3v) is 5.93. The predicted octanol–water partition coefficient (Wildman–Crippen LogP) is 0.628. The van der Waals surface area contributed by atoms with Gasteiger partial charge >= 0.3 is 5.97 Å². The molecule has 0 heterocycles. The van der Waals surface area contributed by atoms with Gasteiger partial charge in [0.25, 0.3) is 0 Å². The molecule has 0 bridgehead atoms. The van der Waals surface area contributed by atoms with Crippen molar-refractivity contribution < 1.29 is 24.3 Å². The molecule has 0 radical (unpaired) electrons. The summed E-state index contributed by atoms with van der Waals surface area (Å²) in [5.41, 5.74) is 5.69. The summed E-state index contributed by atoms with van der Waals surface area (Å²) < 4.78 is 0. The van der Waals surface area contributed by atoms with Crippen molar-refractivity contribution in [3.8, 4) is 0 Å². The Labute approximate surface area is 194 Å². The Kier molecular flexibility index (Phi) is 14.6. The molecule has 180 valence electrons. The zero-order valence-corrected chi connectivity index (χ0v) is 20.7. The van der Waals surface area contributed by atoms with E-state index in [4.69, 9.17) is 5.73 Å². The van der Waals surface area contributed by atoms with Gasteiger partial charge in [-0.05, 0) is 36.7 Å². The smallest absolute Gasteiger partial charge is 0.326 e. The van der Waals surface area contributed by atoms with Crippen molar-refractivity contribution >= 4 is 48.1 Å². The van der Waals surface area contributed by atoms with Gasteiger partial charge in [-0.1, -0.05) is 34.1 Å². The van der Waals surface area contributed by atoms with E-state index in [0.717, 1.165) is 0 Å². The molecule has 5 atom stereocenters. The van der Waals surface area contributed by atoms with Crippen LogP contribution in [-0.4, -0.2) is 70.7 Å². The van der Waals surface area contributed by atoms with E-state index in [2.05, 4.69) is 28.6 Å². The zero-order chi connectivity index (χ0) is 24.1. The average Bonchev–Trinajstić information content (AvgIpc) is 2.71. The van der Waals surface area contributed by atoms with E-state index in [9.17, 15) is 24.3 Å². The van der Waals surface area contributed by atoms with Crippen molar-refractivity contribution in [2.24, 2.45) is 17.6 Å². The molecule has 31 heavy (non-hydrogen) atoms. The van der Waals surface area contributed by atoms with E-state index in [1.807, 2.05) is 27.0 Å². The van der Waals surface area contributed by atoms with E-state index >= 15 is 0 Å². The molecule has 0 aromatic carbocycles. The van der Waals surface area contributed by atoms with Crippen LogP contribution in [0, 0.1) is 11.8 Å². The quantitative estimate of drug-likeness (QED) is 0.189. The Morgan fingerprint density at radius 3 is 2.00 bits per heavy atom. The lowest BCUT2D eigenvalue weighted by Gasteiger charge is -2.27. The highest BCUT2D eigenvalue weighted by atomic mass is 32.2. The van der Waals surface area contributed by atoms with Crippen LogP contribution in [-0.2, 0) is 19.2 Å². The number of rotatable bonds is 15. The Morgan fingerprint density at radius 2 is 1.55 bits per heavy atom. The maximum Gasteiger partial charge on any atom is 0.326 e. The second-order valence-corrected chi connectivity index (χ2v) is 9.38. The number of carbonyl (C=O) groups excluding carboxylic acids is 3. The summed E-state index contributed by atoms with van der Waals surface area (Å²) >= 11 is 5.52. The van der Waals surface area contributed by atoms with Crippen LogP contribution in [0.25, 0.3) is 0 Å². The molecule has 0 aromatic rings. The van der Waals surface area contributed by atoms with E-state index in [-0.39, 0.29) is 17.6 Å². The number of nitrogens with two attached hydrogens (primary N) is 1. The van der Waals surface area contributed by atoms with Crippen LogP contribution < -0.4 is 21.7 Å². The standard InChI is InChI=1S/C20H38N4O5S2/c1-6-12(4)16(20(28)29)24-19(27)15(9-11(2)3)23-18(26)14(7-8-31-5)22-17(25)13(21)10-30/h11-16,30H,6-10,21H2,1-5H3,(H,22,25)(H,23,26)(H,24,27)(H,28,29). The minimum Gasteiger partial charge on any atom is -0.480 e. The number of nitrogens with one attached hydrogen (secondary N) is 3. The number of hydrogen-bond acceptors (Lipinski definition) is 7. The SMILES string of the molecule is CCC(C)C(NC(=O)C(CC(C)C)NC(=O)C(CCSC)NC(=O)C(N)CS)C(=O)O. The zero-order valence-electron chi connectivity index (χ0n) is 19.0. The van der Waals surface area contributed by atoms with Crippen molar-refractivity contribution in [2.75, 3.05) is 17.8 Å². The number of amides is 3. The average molecular weight is 479 g/mol. The van der Waals surface area contributed by atoms with Crippen molar-refractivity contribution in [1.29, 1.82) is 0 Å². The highest BCUT2D eigenvalue weighted by molar-refractivity contribution is 7.98. The predicted molar refractivity (Wildman–Crippen MR) is 127 cm³/mol. The molecule has 6 N–H and O–H groups in total. The third kappa shape index (κ3) is 11.1. The molecule has 0 aliphatic rings. The number of thioether (sulfide) groups is 1. The van der Waals surface area contributed by atoms with Crippen LogP contribution in [0.3, 0.4) is 0 Å². The maximum atomic E-state index is 12.9. The largest absolute Gasteiger partial charge is 0.480 e. The molecule has 0 rings (SSSR count). The molecule has 0 aromatic heterocycles. The number of aliphatic carboxylic acids is 1. The van der Waals surface area contributed by atoms with Gasteiger partial charge in [-0.3, -0.25) is 14.4 Å². The van der Waals surface area contributed by atoms with E-state index in [1.54, 1.807) is 6.92 Å². The van der Waals surface area contributed by atoms with Crippen molar-refractivity contribution in [2.45, 2.75) is 71.1 Å². The number of hydrogen-bond donors (Lipinski definition) is 6. The fraction of sp³-hybridized carbons (Fsp3) is 0.800. The van der Waals surface area contributed by atoms with E-state index in [0.29, 0.717) is 25.0 Å². The van der Waals surface area contributed by atoms with Gasteiger partial charge in [-0.15, -0.1) is 0 Å². The molecular formula is C20H38N4O5S2. The normalized spacial score (nSPS) is 16.0. The molecule has 3 amide bonds. The van der Waals surface area contributed by atoms with Crippen LogP contribution in [0.5, 0.6) is 0 Å². The molecule has 11 heteroatoms. The first-order valence-corrected chi connectivity index (χ1v) is 12.5. The molecular weight excluding hydrogens is 440 g/mol. The van der Waals surface area contributed by atoms with E-state index in [1.165, 1.54) is 11.8 Å². The lowest BCUT2D eigenvalue weighted by Crippen LogP contribution is -2.58. The highest BCUT2D eigenvalue weighted by Gasteiger charge is 2.32. The summed E-state index contributed by atoms with van der Waals surface area (Å²) in [4.78, 5) is 49.5. The molecule has 0 spiro atoms. The van der Waals surface area contributed by atoms with Crippen LogP contribution in [0.1, 0.15) is 47.0 Å². The highest BCUT2D eigenvalue weighted by Crippen LogP contribution is 2.11. The number of carboxylic acids is 1. The van der Waals surface area contributed by atoms with Gasteiger partial charge in [-0.2, -0.15) is 24.4 Å². The van der Waals surface area contributed by atoms with Gasteiger partial charge in [0.05, 0.1) is 6.04 Å². The van der Waals surface area contributed by atoms with Crippen LogP contribution in [0.4, 0.5) is 0 Å². The van der Waals surface area contributed by atoms with Crippen molar-refractivity contribution in [3.05, 3.63) is 0 Å². The summed E-state index contributed by atoms with van der Waals surface area (Å²) in [6.07, 6.45) is 3.14. The monoisotopic (exact) mass is 478 g/mol. The molecule has 0 fully saturated rings. The van der Waals surface area contributed by atoms with Crippen LogP contribution in [0.15, 0.2) is 0 Å². The molecule has 0 aliphatic carbocycles. The summed E-state index contributed by atoms with van der Waals surface area (Å²) in [6, 6.07) is -3.69. The first-order chi connectivity index (χ1) is 14.5. The first kappa shape index (κ1) is 29.5. The first-order valence-electron chi connectivity index (χ1n) is 10.5. The number of carboxylic acid groups (broad SMARTS) is 1. The number of carbonyl (C=O) groups is 4. The molecule has 0 saturated carbocycles. The molecule has 5 unspecified atom stereocenters. The van der Waals surface area contributed by atoms with Gasteiger partial charge in [0.15, 0.2) is 0 Å². The second kappa shape index (κ2) is 15.4. The summed E-state index contributed by atoms with van der Waals surface area (Å²) in [6.45, 7) is 7.38. The number of thiol groups is 1. The topological polar surface area (TPSA) is 151 Å². The summed E-state index contributed by atoms with van der Waals surface area (Å²) in [5.74, 6) is -2.14. The Hall–Kier alpha value is -1.46. The summed E-state index contributed by atoms with van der Waals surface area (Å²) in [7, 11) is 0. The molecule has 9 nitrogen and oxygen atoms in total. The second-order valence-electron chi connectivity index (χ2n) is 8.03. The minimum absolute atomic E-state index is 0.0692. The molecule has 0 saturated heterocycles. The van der Waals surface area contributed by atoms with Crippen molar-refractivity contribution in [3.63, 3.8) is 0 Å².